The summed E-state index contributed by atoms with van der Waals surface area (Å²) in [5, 5.41) is 10.5. The molecule has 0 radical (unpaired) electrons. The molecule has 20 heavy (non-hydrogen) atoms. The molecule has 4 nitrogen and oxygen atoms in total. The van der Waals surface area contributed by atoms with Gasteiger partial charge in [0.05, 0.1) is 6.61 Å². The number of methoxy groups -OCH3 is 1. The Kier molecular flexibility index (Phi) is 4.47. The molecule has 0 saturated heterocycles. The number of hydrogen-bond donors (Lipinski definition) is 1. The highest BCUT2D eigenvalue weighted by Crippen LogP contribution is 2.30. The number of carbonyl (C=O) groups is 1. The van der Waals surface area contributed by atoms with Crippen molar-refractivity contribution < 1.29 is 14.6 Å². The number of aliphatic carboxylic acids is 1. The van der Waals surface area contributed by atoms with Crippen molar-refractivity contribution in [2.24, 2.45) is 0 Å². The molecule has 0 fully saturated rings. The van der Waals surface area contributed by atoms with Crippen LogP contribution < -0.4 is 0 Å². The van der Waals surface area contributed by atoms with E-state index in [1.54, 1.807) is 13.2 Å². The summed E-state index contributed by atoms with van der Waals surface area (Å²) in [6.45, 7) is 3.16. The fraction of sp³-hybridized carbons (Fsp3) is 0.267. The van der Waals surface area contributed by atoms with Gasteiger partial charge in [-0.25, -0.2) is 4.79 Å². The number of aromatic nitrogens is 1. The standard InChI is InChI=1S/C15H16ClNO3/c1-3-17-13-5-4-10(16)8-11(13)12(9-20-2)14(17)6-7-15(18)19/h4-8H,3,9H2,1-2H3,(H,18,19)/b7-6+. The molecule has 0 aliphatic carbocycles. The topological polar surface area (TPSA) is 51.5 Å². The Morgan fingerprint density at radius 1 is 1.50 bits per heavy atom. The molecule has 106 valence electrons. The number of benzene rings is 1. The second-order valence-corrected chi connectivity index (χ2v) is 4.81. The molecule has 0 spiro atoms. The Morgan fingerprint density at radius 2 is 2.25 bits per heavy atom. The Hall–Kier alpha value is -1.78. The lowest BCUT2D eigenvalue weighted by molar-refractivity contribution is -0.131. The van der Waals surface area contributed by atoms with E-state index in [1.165, 1.54) is 0 Å². The Balaban J connectivity index is 2.74. The summed E-state index contributed by atoms with van der Waals surface area (Å²) in [4.78, 5) is 10.8. The highest BCUT2D eigenvalue weighted by molar-refractivity contribution is 6.31. The van der Waals surface area contributed by atoms with Crippen LogP contribution in [-0.2, 0) is 22.7 Å². The van der Waals surface area contributed by atoms with E-state index in [0.717, 1.165) is 34.8 Å². The number of rotatable bonds is 5. The first-order chi connectivity index (χ1) is 9.58. The number of aryl methyl sites for hydroxylation is 1. The molecule has 0 amide bonds. The maximum atomic E-state index is 10.8. The van der Waals surface area contributed by atoms with Crippen LogP contribution in [0.3, 0.4) is 0 Å². The number of nitrogens with zero attached hydrogens (tertiary/aromatic N) is 1. The molecule has 0 unspecified atom stereocenters. The van der Waals surface area contributed by atoms with Crippen molar-refractivity contribution in [3.05, 3.63) is 40.6 Å². The fourth-order valence-corrected chi connectivity index (χ4v) is 2.57. The van der Waals surface area contributed by atoms with E-state index in [0.29, 0.717) is 11.6 Å². The minimum absolute atomic E-state index is 0.406. The summed E-state index contributed by atoms with van der Waals surface area (Å²) in [6.07, 6.45) is 2.75. The molecule has 1 aromatic carbocycles. The van der Waals surface area contributed by atoms with Crippen LogP contribution in [0.1, 0.15) is 18.2 Å². The van der Waals surface area contributed by atoms with Crippen LogP contribution in [0.4, 0.5) is 0 Å². The van der Waals surface area contributed by atoms with Gasteiger partial charge in [0.1, 0.15) is 0 Å². The summed E-state index contributed by atoms with van der Waals surface area (Å²) < 4.78 is 7.30. The molecule has 0 aliphatic rings. The third-order valence-electron chi connectivity index (χ3n) is 3.16. The Labute approximate surface area is 122 Å². The van der Waals surface area contributed by atoms with Gasteiger partial charge >= 0.3 is 5.97 Å². The smallest absolute Gasteiger partial charge is 0.328 e. The van der Waals surface area contributed by atoms with E-state index in [-0.39, 0.29) is 0 Å². The highest BCUT2D eigenvalue weighted by Gasteiger charge is 2.15. The molecule has 2 aromatic rings. The summed E-state index contributed by atoms with van der Waals surface area (Å²) >= 11 is 6.06. The zero-order chi connectivity index (χ0) is 14.7. The van der Waals surface area contributed by atoms with Crippen LogP contribution in [0, 0.1) is 0 Å². The van der Waals surface area contributed by atoms with Crippen LogP contribution >= 0.6 is 11.6 Å². The third-order valence-corrected chi connectivity index (χ3v) is 3.40. The van der Waals surface area contributed by atoms with Crippen LogP contribution in [0.5, 0.6) is 0 Å². The molecule has 0 bridgehead atoms. The Bertz CT molecular complexity index is 673. The van der Waals surface area contributed by atoms with Gasteiger partial charge in [0, 0.05) is 46.9 Å². The van der Waals surface area contributed by atoms with Crippen molar-refractivity contribution in [3.8, 4) is 0 Å². The van der Waals surface area contributed by atoms with E-state index in [1.807, 2.05) is 25.1 Å². The van der Waals surface area contributed by atoms with Crippen LogP contribution in [0.2, 0.25) is 5.02 Å². The van der Waals surface area contributed by atoms with Crippen molar-refractivity contribution in [1.82, 2.24) is 4.57 Å². The molecular formula is C15H16ClNO3. The van der Waals surface area contributed by atoms with Gasteiger partial charge in [-0.05, 0) is 31.2 Å². The normalized spacial score (nSPS) is 11.6. The van der Waals surface area contributed by atoms with Crippen LogP contribution in [-0.4, -0.2) is 22.8 Å². The summed E-state index contributed by atoms with van der Waals surface area (Å²) in [7, 11) is 1.62. The summed E-state index contributed by atoms with van der Waals surface area (Å²) in [5.74, 6) is -0.973. The molecule has 2 rings (SSSR count). The number of hydrogen-bond acceptors (Lipinski definition) is 2. The lowest BCUT2D eigenvalue weighted by atomic mass is 10.1. The van der Waals surface area contributed by atoms with Crippen LogP contribution in [0.25, 0.3) is 17.0 Å². The first-order valence-corrected chi connectivity index (χ1v) is 6.66. The average molecular weight is 294 g/mol. The fourth-order valence-electron chi connectivity index (χ4n) is 2.39. The molecule has 0 saturated carbocycles. The number of carboxylic acid groups (broad SMARTS) is 1. The average Bonchev–Trinajstić information content (AvgIpc) is 2.69. The molecule has 0 aliphatic heterocycles. The zero-order valence-corrected chi connectivity index (χ0v) is 12.1. The molecule has 0 atom stereocenters. The van der Waals surface area contributed by atoms with E-state index in [4.69, 9.17) is 21.4 Å². The van der Waals surface area contributed by atoms with Gasteiger partial charge in [-0.2, -0.15) is 0 Å². The Morgan fingerprint density at radius 3 is 2.85 bits per heavy atom. The number of carboxylic acids is 1. The van der Waals surface area contributed by atoms with E-state index in [2.05, 4.69) is 4.57 Å². The van der Waals surface area contributed by atoms with Gasteiger partial charge in [0.2, 0.25) is 0 Å². The lowest BCUT2D eigenvalue weighted by Gasteiger charge is -2.05. The molecule has 1 heterocycles. The maximum absolute atomic E-state index is 10.8. The number of ether oxygens (including phenoxy) is 1. The van der Waals surface area contributed by atoms with Gasteiger partial charge in [0.15, 0.2) is 0 Å². The quantitative estimate of drug-likeness (QED) is 0.858. The van der Waals surface area contributed by atoms with Crippen LogP contribution in [0.15, 0.2) is 24.3 Å². The predicted molar refractivity (Wildman–Crippen MR) is 80.0 cm³/mol. The van der Waals surface area contributed by atoms with Gasteiger partial charge in [-0.15, -0.1) is 0 Å². The van der Waals surface area contributed by atoms with Crippen molar-refractivity contribution in [2.75, 3.05) is 7.11 Å². The molecule has 5 heteroatoms. The minimum Gasteiger partial charge on any atom is -0.478 e. The second-order valence-electron chi connectivity index (χ2n) is 4.37. The van der Waals surface area contributed by atoms with E-state index >= 15 is 0 Å². The number of halogens is 1. The zero-order valence-electron chi connectivity index (χ0n) is 11.4. The van der Waals surface area contributed by atoms with Crippen molar-refractivity contribution in [1.29, 1.82) is 0 Å². The first-order valence-electron chi connectivity index (χ1n) is 6.29. The summed E-state index contributed by atoms with van der Waals surface area (Å²) in [5.41, 5.74) is 2.81. The van der Waals surface area contributed by atoms with E-state index in [9.17, 15) is 4.79 Å². The van der Waals surface area contributed by atoms with Crippen molar-refractivity contribution in [2.45, 2.75) is 20.1 Å². The monoisotopic (exact) mass is 293 g/mol. The largest absolute Gasteiger partial charge is 0.478 e. The van der Waals surface area contributed by atoms with Crippen molar-refractivity contribution in [3.63, 3.8) is 0 Å². The number of fused-ring (bicyclic) bond motifs is 1. The second kappa shape index (κ2) is 6.11. The van der Waals surface area contributed by atoms with E-state index < -0.39 is 5.97 Å². The molecular weight excluding hydrogens is 278 g/mol. The van der Waals surface area contributed by atoms with Gasteiger partial charge < -0.3 is 14.4 Å². The predicted octanol–water partition coefficient (Wildman–Crippen LogP) is 3.56. The first kappa shape index (κ1) is 14.6. The van der Waals surface area contributed by atoms with Gasteiger partial charge in [0.25, 0.3) is 0 Å². The summed E-state index contributed by atoms with van der Waals surface area (Å²) in [6, 6.07) is 5.66. The molecule has 1 N–H and O–H groups in total. The van der Waals surface area contributed by atoms with Gasteiger partial charge in [-0.3, -0.25) is 0 Å². The third kappa shape index (κ3) is 2.71. The van der Waals surface area contributed by atoms with Gasteiger partial charge in [-0.1, -0.05) is 11.6 Å². The SMILES string of the molecule is CCn1c(/C=C/C(=O)O)c(COC)c2cc(Cl)ccc21. The molecule has 1 aromatic heterocycles. The maximum Gasteiger partial charge on any atom is 0.328 e. The minimum atomic E-state index is -0.973. The highest BCUT2D eigenvalue weighted by atomic mass is 35.5. The lowest BCUT2D eigenvalue weighted by Crippen LogP contribution is -1.99. The van der Waals surface area contributed by atoms with Crippen molar-refractivity contribution >= 4 is 34.5 Å².